The van der Waals surface area contributed by atoms with Crippen LogP contribution in [0.5, 0.6) is 0 Å². The van der Waals surface area contributed by atoms with Gasteiger partial charge in [-0.25, -0.2) is 4.79 Å². The van der Waals surface area contributed by atoms with E-state index in [2.05, 4.69) is 28.6 Å². The number of carboxylic acid groups (broad SMARTS) is 1. The molecule has 0 saturated carbocycles. The molecule has 0 aliphatic rings. The molecule has 174 valence electrons. The van der Waals surface area contributed by atoms with Gasteiger partial charge in [-0.15, -0.1) is 0 Å². The fourth-order valence-electron chi connectivity index (χ4n) is 2.59. The number of thiol groups is 1. The summed E-state index contributed by atoms with van der Waals surface area (Å²) in [6, 6.07) is -4.38. The Balaban J connectivity index is 5.28. The van der Waals surface area contributed by atoms with Gasteiger partial charge < -0.3 is 31.9 Å². The molecule has 0 aromatic heterocycles. The zero-order valence-electron chi connectivity index (χ0n) is 18.2. The Morgan fingerprint density at radius 3 is 1.83 bits per heavy atom. The molecule has 0 radical (unpaired) electrons. The SMILES string of the molecule is CCC(C)C(N)C(=O)NC(CC(C)C)C(=O)NC(CS)C(=O)NC(C(=O)O)C(C)O. The van der Waals surface area contributed by atoms with Crippen molar-refractivity contribution in [3.63, 3.8) is 0 Å². The Labute approximate surface area is 183 Å². The standard InChI is InChI=1S/C19H36N4O6S/c1-6-10(4)14(20)18(27)21-12(7-9(2)3)16(25)22-13(8-30)17(26)23-15(11(5)24)19(28)29/h9-15,24,30H,6-8,20H2,1-5H3,(H,21,27)(H,22,25)(H,23,26)(H,28,29). The van der Waals surface area contributed by atoms with Gasteiger partial charge in [-0.05, 0) is 25.2 Å². The van der Waals surface area contributed by atoms with Crippen molar-refractivity contribution >= 4 is 36.3 Å². The Bertz CT molecular complexity index is 602. The number of aliphatic carboxylic acids is 1. The number of hydrogen-bond donors (Lipinski definition) is 7. The summed E-state index contributed by atoms with van der Waals surface area (Å²) in [7, 11) is 0. The highest BCUT2D eigenvalue weighted by atomic mass is 32.1. The largest absolute Gasteiger partial charge is 0.480 e. The van der Waals surface area contributed by atoms with E-state index < -0.39 is 54.0 Å². The van der Waals surface area contributed by atoms with E-state index in [-0.39, 0.29) is 17.6 Å². The molecule has 7 N–H and O–H groups in total. The Hall–Kier alpha value is -1.85. The fraction of sp³-hybridized carbons (Fsp3) is 0.789. The van der Waals surface area contributed by atoms with Crippen LogP contribution in [0.4, 0.5) is 0 Å². The Morgan fingerprint density at radius 1 is 0.933 bits per heavy atom. The van der Waals surface area contributed by atoms with Crippen LogP contribution in [0.3, 0.4) is 0 Å². The van der Waals surface area contributed by atoms with Crippen LogP contribution in [0.15, 0.2) is 0 Å². The first-order chi connectivity index (χ1) is 13.8. The van der Waals surface area contributed by atoms with Crippen molar-refractivity contribution in [3.05, 3.63) is 0 Å². The molecular formula is C19H36N4O6S. The van der Waals surface area contributed by atoms with Gasteiger partial charge in [0.1, 0.15) is 12.1 Å². The molecule has 30 heavy (non-hydrogen) atoms. The maximum absolute atomic E-state index is 12.8. The number of aliphatic hydroxyl groups excluding tert-OH is 1. The molecule has 0 heterocycles. The van der Waals surface area contributed by atoms with Gasteiger partial charge in [0.25, 0.3) is 0 Å². The molecular weight excluding hydrogens is 412 g/mol. The minimum Gasteiger partial charge on any atom is -0.480 e. The highest BCUT2D eigenvalue weighted by molar-refractivity contribution is 7.80. The minimum absolute atomic E-state index is 0.0655. The molecule has 6 unspecified atom stereocenters. The van der Waals surface area contributed by atoms with Gasteiger partial charge >= 0.3 is 5.97 Å². The van der Waals surface area contributed by atoms with Crippen molar-refractivity contribution in [2.45, 2.75) is 77.7 Å². The third-order valence-electron chi connectivity index (χ3n) is 4.76. The van der Waals surface area contributed by atoms with E-state index in [1.54, 1.807) is 0 Å². The number of carbonyl (C=O) groups excluding carboxylic acids is 3. The van der Waals surface area contributed by atoms with E-state index >= 15 is 0 Å². The summed E-state index contributed by atoms with van der Waals surface area (Å²) in [6.45, 7) is 8.73. The number of rotatable bonds is 13. The summed E-state index contributed by atoms with van der Waals surface area (Å²) < 4.78 is 0. The van der Waals surface area contributed by atoms with Crippen LogP contribution in [-0.2, 0) is 19.2 Å². The van der Waals surface area contributed by atoms with Crippen molar-refractivity contribution in [3.8, 4) is 0 Å². The smallest absolute Gasteiger partial charge is 0.328 e. The monoisotopic (exact) mass is 448 g/mol. The summed E-state index contributed by atoms with van der Waals surface area (Å²) in [4.78, 5) is 48.7. The van der Waals surface area contributed by atoms with Crippen LogP contribution in [0.25, 0.3) is 0 Å². The molecule has 0 saturated heterocycles. The van der Waals surface area contributed by atoms with Gasteiger partial charge in [0.15, 0.2) is 6.04 Å². The van der Waals surface area contributed by atoms with Crippen LogP contribution in [0.2, 0.25) is 0 Å². The number of nitrogens with one attached hydrogen (secondary N) is 3. The second-order valence-corrected chi connectivity index (χ2v) is 8.28. The first-order valence-corrected chi connectivity index (χ1v) is 10.7. The molecule has 0 aliphatic carbocycles. The van der Waals surface area contributed by atoms with E-state index in [1.165, 1.54) is 6.92 Å². The topological polar surface area (TPSA) is 171 Å². The molecule has 0 aromatic carbocycles. The molecule has 6 atom stereocenters. The maximum Gasteiger partial charge on any atom is 0.328 e. The molecule has 0 spiro atoms. The summed E-state index contributed by atoms with van der Waals surface area (Å²) in [6.07, 6.45) is -0.319. The zero-order chi connectivity index (χ0) is 23.6. The molecule has 0 fully saturated rings. The second kappa shape index (κ2) is 13.5. The summed E-state index contributed by atoms with van der Waals surface area (Å²) in [5, 5.41) is 25.9. The van der Waals surface area contributed by atoms with E-state index in [1.807, 2.05) is 27.7 Å². The lowest BCUT2D eigenvalue weighted by atomic mass is 9.97. The number of nitrogens with two attached hydrogens (primary N) is 1. The maximum atomic E-state index is 12.8. The van der Waals surface area contributed by atoms with Crippen LogP contribution >= 0.6 is 12.6 Å². The lowest BCUT2D eigenvalue weighted by Crippen LogP contribution is -2.59. The van der Waals surface area contributed by atoms with Gasteiger partial charge in [0.2, 0.25) is 17.7 Å². The Morgan fingerprint density at radius 2 is 1.43 bits per heavy atom. The van der Waals surface area contributed by atoms with E-state index in [0.717, 1.165) is 0 Å². The average Bonchev–Trinajstić information content (AvgIpc) is 2.66. The van der Waals surface area contributed by atoms with Crippen LogP contribution in [0, 0.1) is 11.8 Å². The van der Waals surface area contributed by atoms with Gasteiger partial charge in [-0.3, -0.25) is 14.4 Å². The lowest BCUT2D eigenvalue weighted by molar-refractivity contribution is -0.145. The predicted molar refractivity (Wildman–Crippen MR) is 116 cm³/mol. The number of aliphatic hydroxyl groups is 1. The minimum atomic E-state index is -1.53. The number of carbonyl (C=O) groups is 4. The van der Waals surface area contributed by atoms with E-state index in [4.69, 9.17) is 10.8 Å². The third-order valence-corrected chi connectivity index (χ3v) is 5.13. The average molecular weight is 449 g/mol. The Kier molecular flexibility index (Phi) is 12.6. The fourth-order valence-corrected chi connectivity index (χ4v) is 2.85. The predicted octanol–water partition coefficient (Wildman–Crippen LogP) is -0.744. The van der Waals surface area contributed by atoms with Gasteiger partial charge in [-0.1, -0.05) is 34.1 Å². The molecule has 0 aromatic rings. The molecule has 0 bridgehead atoms. The molecule has 10 nitrogen and oxygen atoms in total. The van der Waals surface area contributed by atoms with Crippen molar-refractivity contribution in [1.82, 2.24) is 16.0 Å². The highest BCUT2D eigenvalue weighted by Gasteiger charge is 2.32. The first kappa shape index (κ1) is 28.1. The molecule has 0 aliphatic heterocycles. The van der Waals surface area contributed by atoms with Gasteiger partial charge in [-0.2, -0.15) is 12.6 Å². The first-order valence-electron chi connectivity index (χ1n) is 10.0. The highest BCUT2D eigenvalue weighted by Crippen LogP contribution is 2.09. The number of carboxylic acids is 1. The van der Waals surface area contributed by atoms with Crippen LogP contribution in [-0.4, -0.2) is 69.9 Å². The molecule has 11 heteroatoms. The van der Waals surface area contributed by atoms with Crippen LogP contribution < -0.4 is 21.7 Å². The zero-order valence-corrected chi connectivity index (χ0v) is 19.1. The van der Waals surface area contributed by atoms with Gasteiger partial charge in [0.05, 0.1) is 12.1 Å². The number of hydrogen-bond acceptors (Lipinski definition) is 7. The number of amides is 3. The summed E-state index contributed by atoms with van der Waals surface area (Å²) in [5.41, 5.74) is 5.94. The van der Waals surface area contributed by atoms with E-state index in [9.17, 15) is 24.3 Å². The van der Waals surface area contributed by atoms with E-state index in [0.29, 0.717) is 12.8 Å². The van der Waals surface area contributed by atoms with Crippen LogP contribution in [0.1, 0.15) is 47.5 Å². The normalized spacial score (nSPS) is 17.2. The summed E-state index contributed by atoms with van der Waals surface area (Å²) >= 11 is 4.04. The lowest BCUT2D eigenvalue weighted by Gasteiger charge is -2.26. The van der Waals surface area contributed by atoms with Crippen molar-refractivity contribution in [2.75, 3.05) is 5.75 Å². The quantitative estimate of drug-likeness (QED) is 0.182. The van der Waals surface area contributed by atoms with Crippen molar-refractivity contribution in [2.24, 2.45) is 17.6 Å². The second-order valence-electron chi connectivity index (χ2n) is 7.91. The molecule has 3 amide bonds. The summed E-state index contributed by atoms with van der Waals surface area (Å²) in [5.74, 6) is -3.40. The third kappa shape index (κ3) is 9.31. The van der Waals surface area contributed by atoms with Gasteiger partial charge in [0, 0.05) is 5.75 Å². The molecule has 0 rings (SSSR count). The van der Waals surface area contributed by atoms with Crippen molar-refractivity contribution < 1.29 is 29.4 Å². The van der Waals surface area contributed by atoms with Crippen molar-refractivity contribution in [1.29, 1.82) is 0 Å².